The SMILES string of the molecule is COC(C)(C)CCn1cc(NS(=O)(=O)c2c(F)c(F)c(F)c(F)c2F)cn1. The van der Waals surface area contributed by atoms with Gasteiger partial charge in [-0.05, 0) is 20.3 Å². The number of rotatable bonds is 7. The van der Waals surface area contributed by atoms with Crippen LogP contribution in [0.1, 0.15) is 20.3 Å². The van der Waals surface area contributed by atoms with Gasteiger partial charge in [-0.1, -0.05) is 0 Å². The van der Waals surface area contributed by atoms with Crippen molar-refractivity contribution in [3.8, 4) is 0 Å². The molecule has 0 fully saturated rings. The van der Waals surface area contributed by atoms with E-state index in [1.165, 1.54) is 18.0 Å². The Morgan fingerprint density at radius 1 is 1.07 bits per heavy atom. The molecule has 6 nitrogen and oxygen atoms in total. The Kier molecular flexibility index (Phi) is 5.80. The second-order valence-corrected chi connectivity index (χ2v) is 7.83. The number of ether oxygens (including phenoxy) is 1. The quantitative estimate of drug-likeness (QED) is 0.430. The molecule has 0 amide bonds. The van der Waals surface area contributed by atoms with Gasteiger partial charge in [0.25, 0.3) is 10.0 Å². The molecule has 2 aromatic rings. The van der Waals surface area contributed by atoms with E-state index >= 15 is 0 Å². The van der Waals surface area contributed by atoms with Gasteiger partial charge in [-0.15, -0.1) is 0 Å². The standard InChI is InChI=1S/C15H16F5N3O3S/c1-15(2,26-3)4-5-23-7-8(6-21-23)22-27(24,25)14-12(19)10(17)9(16)11(18)13(14)20/h6-7,22H,4-5H2,1-3H3. The summed E-state index contributed by atoms with van der Waals surface area (Å²) in [6.07, 6.45) is 2.74. The average Bonchev–Trinajstić information content (AvgIpc) is 3.03. The molecule has 0 unspecified atom stereocenters. The van der Waals surface area contributed by atoms with E-state index in [1.54, 1.807) is 4.72 Å². The maximum atomic E-state index is 13.7. The molecule has 1 aromatic carbocycles. The third kappa shape index (κ3) is 4.38. The van der Waals surface area contributed by atoms with Crippen molar-refractivity contribution in [3.63, 3.8) is 0 Å². The van der Waals surface area contributed by atoms with Crippen molar-refractivity contribution in [1.82, 2.24) is 9.78 Å². The molecule has 0 radical (unpaired) electrons. The third-order valence-corrected chi connectivity index (χ3v) is 5.22. The molecule has 0 bridgehead atoms. The summed E-state index contributed by atoms with van der Waals surface area (Å²) in [5.41, 5.74) is -0.685. The summed E-state index contributed by atoms with van der Waals surface area (Å²) in [5, 5.41) is 3.86. The van der Waals surface area contributed by atoms with E-state index in [-0.39, 0.29) is 5.69 Å². The van der Waals surface area contributed by atoms with E-state index in [1.807, 2.05) is 13.8 Å². The summed E-state index contributed by atoms with van der Waals surface area (Å²) in [6.45, 7) is 3.97. The molecular formula is C15H16F5N3O3S. The fourth-order valence-corrected chi connectivity index (χ4v) is 3.22. The number of nitrogens with one attached hydrogen (secondary N) is 1. The number of nitrogens with zero attached hydrogens (tertiary/aromatic N) is 2. The first kappa shape index (κ1) is 21.1. The smallest absolute Gasteiger partial charge is 0.268 e. The van der Waals surface area contributed by atoms with Crippen LogP contribution in [0.25, 0.3) is 0 Å². The zero-order valence-corrected chi connectivity index (χ0v) is 15.3. The largest absolute Gasteiger partial charge is 0.379 e. The van der Waals surface area contributed by atoms with Gasteiger partial charge in [-0.25, -0.2) is 30.4 Å². The van der Waals surface area contributed by atoms with Gasteiger partial charge in [-0.2, -0.15) is 5.10 Å². The highest BCUT2D eigenvalue weighted by atomic mass is 32.2. The maximum absolute atomic E-state index is 13.7. The van der Waals surface area contributed by atoms with Crippen LogP contribution in [-0.2, 0) is 21.3 Å². The molecule has 1 N–H and O–H groups in total. The van der Waals surface area contributed by atoms with E-state index in [0.717, 1.165) is 6.20 Å². The molecular weight excluding hydrogens is 397 g/mol. The predicted octanol–water partition coefficient (Wildman–Crippen LogP) is 3.19. The van der Waals surface area contributed by atoms with Gasteiger partial charge < -0.3 is 4.74 Å². The van der Waals surface area contributed by atoms with E-state index in [9.17, 15) is 30.4 Å². The normalized spacial score (nSPS) is 12.4. The van der Waals surface area contributed by atoms with Gasteiger partial charge in [0.15, 0.2) is 28.2 Å². The number of aromatic nitrogens is 2. The molecule has 0 aliphatic heterocycles. The number of benzene rings is 1. The van der Waals surface area contributed by atoms with E-state index in [4.69, 9.17) is 4.74 Å². The van der Waals surface area contributed by atoms with Gasteiger partial charge in [0.05, 0.1) is 17.5 Å². The van der Waals surface area contributed by atoms with Crippen molar-refractivity contribution in [1.29, 1.82) is 0 Å². The number of anilines is 1. The molecule has 0 saturated heterocycles. The summed E-state index contributed by atoms with van der Waals surface area (Å²) in [6, 6.07) is 0. The molecule has 150 valence electrons. The highest BCUT2D eigenvalue weighted by molar-refractivity contribution is 7.92. The minimum Gasteiger partial charge on any atom is -0.379 e. The first-order valence-corrected chi connectivity index (χ1v) is 9.00. The molecule has 1 aromatic heterocycles. The number of halogens is 5. The summed E-state index contributed by atoms with van der Waals surface area (Å²) in [5.74, 6) is -12.1. The third-order valence-electron chi connectivity index (χ3n) is 3.82. The summed E-state index contributed by atoms with van der Waals surface area (Å²) < 4.78 is 99.5. The topological polar surface area (TPSA) is 73.2 Å². The summed E-state index contributed by atoms with van der Waals surface area (Å²) in [7, 11) is -3.58. The van der Waals surface area contributed by atoms with Crippen molar-refractivity contribution < 1.29 is 35.1 Å². The molecule has 0 saturated carbocycles. The first-order valence-electron chi connectivity index (χ1n) is 7.51. The van der Waals surface area contributed by atoms with Crippen LogP contribution >= 0.6 is 0 Å². The summed E-state index contributed by atoms with van der Waals surface area (Å²) >= 11 is 0. The lowest BCUT2D eigenvalue weighted by molar-refractivity contribution is 0.0113. The zero-order valence-electron chi connectivity index (χ0n) is 14.5. The van der Waals surface area contributed by atoms with Crippen LogP contribution in [0.5, 0.6) is 0 Å². The van der Waals surface area contributed by atoms with Gasteiger partial charge in [0.1, 0.15) is 0 Å². The van der Waals surface area contributed by atoms with Crippen LogP contribution in [0.3, 0.4) is 0 Å². The number of aryl methyl sites for hydroxylation is 1. The van der Waals surface area contributed by atoms with Crippen LogP contribution in [0.15, 0.2) is 17.3 Å². The Morgan fingerprint density at radius 2 is 1.59 bits per heavy atom. The van der Waals surface area contributed by atoms with Crippen LogP contribution < -0.4 is 4.72 Å². The molecule has 12 heteroatoms. The van der Waals surface area contributed by atoms with Crippen molar-refractivity contribution in [2.45, 2.75) is 37.3 Å². The van der Waals surface area contributed by atoms with Crippen LogP contribution in [0.4, 0.5) is 27.6 Å². The van der Waals surface area contributed by atoms with E-state index in [2.05, 4.69) is 5.10 Å². The second kappa shape index (κ2) is 7.43. The van der Waals surface area contributed by atoms with Crippen molar-refractivity contribution in [2.24, 2.45) is 0 Å². The molecule has 0 aliphatic rings. The Labute approximate surface area is 152 Å². The Hall–Kier alpha value is -2.21. The van der Waals surface area contributed by atoms with Crippen LogP contribution in [0, 0.1) is 29.1 Å². The molecule has 0 aliphatic carbocycles. The van der Waals surface area contributed by atoms with Crippen molar-refractivity contribution in [2.75, 3.05) is 11.8 Å². The lowest BCUT2D eigenvalue weighted by Crippen LogP contribution is -2.24. The molecule has 0 spiro atoms. The lowest BCUT2D eigenvalue weighted by Gasteiger charge is -2.22. The fourth-order valence-electron chi connectivity index (χ4n) is 2.05. The summed E-state index contributed by atoms with van der Waals surface area (Å²) in [4.78, 5) is -1.97. The Bertz CT molecular complexity index is 931. The molecule has 0 atom stereocenters. The molecule has 27 heavy (non-hydrogen) atoms. The number of sulfonamides is 1. The highest BCUT2D eigenvalue weighted by Gasteiger charge is 2.33. The maximum Gasteiger partial charge on any atom is 0.268 e. The minimum absolute atomic E-state index is 0.214. The number of hydrogen-bond acceptors (Lipinski definition) is 4. The van der Waals surface area contributed by atoms with Crippen molar-refractivity contribution >= 4 is 15.7 Å². The second-order valence-electron chi connectivity index (χ2n) is 6.21. The number of methoxy groups -OCH3 is 1. The Morgan fingerprint density at radius 3 is 2.11 bits per heavy atom. The molecule has 2 rings (SSSR count). The van der Waals surface area contributed by atoms with Gasteiger partial charge in [0.2, 0.25) is 5.82 Å². The van der Waals surface area contributed by atoms with Gasteiger partial charge in [0, 0.05) is 19.9 Å². The first-order chi connectivity index (χ1) is 12.4. The van der Waals surface area contributed by atoms with E-state index in [0.29, 0.717) is 13.0 Å². The highest BCUT2D eigenvalue weighted by Crippen LogP contribution is 2.28. The van der Waals surface area contributed by atoms with Gasteiger partial charge >= 0.3 is 0 Å². The Balaban J connectivity index is 2.29. The number of hydrogen-bond donors (Lipinski definition) is 1. The van der Waals surface area contributed by atoms with Gasteiger partial charge in [-0.3, -0.25) is 9.40 Å². The van der Waals surface area contributed by atoms with Crippen LogP contribution in [-0.4, -0.2) is 30.9 Å². The monoisotopic (exact) mass is 413 g/mol. The average molecular weight is 413 g/mol. The van der Waals surface area contributed by atoms with E-state index < -0.39 is 49.6 Å². The predicted molar refractivity (Wildman–Crippen MR) is 85.0 cm³/mol. The van der Waals surface area contributed by atoms with Crippen molar-refractivity contribution in [3.05, 3.63) is 41.5 Å². The van der Waals surface area contributed by atoms with Crippen LogP contribution in [0.2, 0.25) is 0 Å². The molecule has 1 heterocycles. The zero-order chi connectivity index (χ0) is 20.6. The minimum atomic E-state index is -5.10. The fraction of sp³-hybridized carbons (Fsp3) is 0.400. The lowest BCUT2D eigenvalue weighted by atomic mass is 10.1.